The normalized spacial score (nSPS) is 38.8. The van der Waals surface area contributed by atoms with E-state index in [9.17, 15) is 9.59 Å². The lowest BCUT2D eigenvalue weighted by molar-refractivity contribution is -0.144. The van der Waals surface area contributed by atoms with E-state index in [4.69, 9.17) is 5.26 Å². The summed E-state index contributed by atoms with van der Waals surface area (Å²) < 4.78 is 0. The molecule has 4 bridgehead atoms. The Hall–Kier alpha value is -1.37. The molecule has 4 saturated carbocycles. The van der Waals surface area contributed by atoms with E-state index in [0.717, 1.165) is 37.0 Å². The minimum Gasteiger partial charge on any atom is -0.348 e. The maximum Gasteiger partial charge on any atom is 0.234 e. The van der Waals surface area contributed by atoms with Gasteiger partial charge in [-0.1, -0.05) is 0 Å². The van der Waals surface area contributed by atoms with Gasteiger partial charge in [0.05, 0.1) is 12.6 Å². The fourth-order valence-electron chi connectivity index (χ4n) is 4.95. The molecule has 0 aliphatic heterocycles. The van der Waals surface area contributed by atoms with Gasteiger partial charge in [-0.2, -0.15) is 5.26 Å². The molecule has 0 heterocycles. The second-order valence-electron chi connectivity index (χ2n) is 6.73. The third-order valence-corrected chi connectivity index (χ3v) is 5.32. The Kier molecular flexibility index (Phi) is 3.08. The summed E-state index contributed by atoms with van der Waals surface area (Å²) in [7, 11) is 0. The third kappa shape index (κ3) is 2.27. The quantitative estimate of drug-likeness (QED) is 0.838. The highest BCUT2D eigenvalue weighted by molar-refractivity contribution is 5.90. The lowest BCUT2D eigenvalue weighted by Gasteiger charge is -2.56. The van der Waals surface area contributed by atoms with Crippen molar-refractivity contribution in [1.29, 1.82) is 5.26 Å². The Balaban J connectivity index is 1.63. The summed E-state index contributed by atoms with van der Waals surface area (Å²) in [6, 6.07) is 1.80. The predicted molar refractivity (Wildman–Crippen MR) is 68.9 cm³/mol. The second kappa shape index (κ2) is 4.63. The maximum atomic E-state index is 12.5. The number of amides is 1. The highest BCUT2D eigenvalue weighted by Crippen LogP contribution is 2.60. The molecule has 4 heteroatoms. The smallest absolute Gasteiger partial charge is 0.234 e. The van der Waals surface area contributed by atoms with Gasteiger partial charge in [0.1, 0.15) is 6.42 Å². The van der Waals surface area contributed by atoms with Gasteiger partial charge in [0.2, 0.25) is 5.91 Å². The zero-order chi connectivity index (χ0) is 13.5. The molecule has 1 amide bonds. The molecule has 19 heavy (non-hydrogen) atoms. The van der Waals surface area contributed by atoms with Gasteiger partial charge in [-0.05, 0) is 56.3 Å². The topological polar surface area (TPSA) is 70.0 Å². The first-order valence-corrected chi connectivity index (χ1v) is 7.28. The average molecular weight is 260 g/mol. The number of hydrogen-bond acceptors (Lipinski definition) is 3. The third-order valence-electron chi connectivity index (χ3n) is 5.32. The van der Waals surface area contributed by atoms with Crippen LogP contribution in [0.25, 0.3) is 0 Å². The summed E-state index contributed by atoms with van der Waals surface area (Å²) in [4.78, 5) is 23.8. The molecule has 0 aromatic rings. The molecule has 0 unspecified atom stereocenters. The van der Waals surface area contributed by atoms with Crippen molar-refractivity contribution in [2.75, 3.05) is 6.54 Å². The van der Waals surface area contributed by atoms with Gasteiger partial charge in [0, 0.05) is 5.41 Å². The zero-order valence-electron chi connectivity index (χ0n) is 11.2. The minimum absolute atomic E-state index is 0.118. The Labute approximate surface area is 113 Å². The molecule has 4 fully saturated rings. The van der Waals surface area contributed by atoms with Crippen molar-refractivity contribution in [1.82, 2.24) is 5.32 Å². The molecule has 0 spiro atoms. The van der Waals surface area contributed by atoms with Crippen LogP contribution in [-0.2, 0) is 9.59 Å². The fourth-order valence-corrected chi connectivity index (χ4v) is 4.95. The number of nitriles is 1. The Bertz CT molecular complexity index is 414. The summed E-state index contributed by atoms with van der Waals surface area (Å²) >= 11 is 0. The monoisotopic (exact) mass is 260 g/mol. The van der Waals surface area contributed by atoms with Crippen molar-refractivity contribution in [2.24, 2.45) is 23.2 Å². The summed E-state index contributed by atoms with van der Waals surface area (Å²) in [6.07, 6.45) is 6.88. The molecule has 1 N–H and O–H groups in total. The largest absolute Gasteiger partial charge is 0.348 e. The molecule has 0 aromatic heterocycles. The van der Waals surface area contributed by atoms with E-state index in [1.54, 1.807) is 6.07 Å². The van der Waals surface area contributed by atoms with Crippen molar-refractivity contribution in [2.45, 2.75) is 44.9 Å². The van der Waals surface area contributed by atoms with Gasteiger partial charge < -0.3 is 5.32 Å². The van der Waals surface area contributed by atoms with E-state index in [1.807, 2.05) is 0 Å². The van der Waals surface area contributed by atoms with Crippen LogP contribution in [0.4, 0.5) is 0 Å². The van der Waals surface area contributed by atoms with Gasteiger partial charge >= 0.3 is 0 Å². The highest BCUT2D eigenvalue weighted by atomic mass is 16.2. The summed E-state index contributed by atoms with van der Waals surface area (Å²) in [5, 5.41) is 11.0. The molecular formula is C15H20N2O2. The molecule has 4 nitrogen and oxygen atoms in total. The molecule has 4 aliphatic rings. The van der Waals surface area contributed by atoms with Gasteiger partial charge in [0.15, 0.2) is 5.78 Å². The SMILES string of the molecule is N#CCC(=O)NCC(=O)C12CC3CC(CC(C3)C1)C2. The van der Waals surface area contributed by atoms with Crippen molar-refractivity contribution in [3.05, 3.63) is 0 Å². The molecule has 102 valence electrons. The standard InChI is InChI=1S/C15H20N2O2/c16-2-1-14(19)17-9-13(18)15-6-10-3-11(7-15)5-12(4-10)8-15/h10-12H,1,3-9H2,(H,17,19). The van der Waals surface area contributed by atoms with E-state index in [0.29, 0.717) is 0 Å². The number of nitrogens with zero attached hydrogens (tertiary/aromatic N) is 1. The minimum atomic E-state index is -0.333. The molecular weight excluding hydrogens is 240 g/mol. The van der Waals surface area contributed by atoms with Gasteiger partial charge in [-0.25, -0.2) is 0 Å². The maximum absolute atomic E-state index is 12.5. The van der Waals surface area contributed by atoms with Gasteiger partial charge in [-0.3, -0.25) is 9.59 Å². The van der Waals surface area contributed by atoms with Crippen LogP contribution in [0.2, 0.25) is 0 Å². The molecule has 4 rings (SSSR count). The zero-order valence-corrected chi connectivity index (χ0v) is 11.2. The second-order valence-corrected chi connectivity index (χ2v) is 6.73. The number of carbonyl (C=O) groups excluding carboxylic acids is 2. The molecule has 0 radical (unpaired) electrons. The van der Waals surface area contributed by atoms with Crippen molar-refractivity contribution in [3.63, 3.8) is 0 Å². The average Bonchev–Trinajstić information content (AvgIpc) is 2.34. The molecule has 0 saturated heterocycles. The summed E-state index contributed by atoms with van der Waals surface area (Å²) in [5.41, 5.74) is -0.144. The van der Waals surface area contributed by atoms with Crippen LogP contribution < -0.4 is 5.32 Å². The fraction of sp³-hybridized carbons (Fsp3) is 0.800. The van der Waals surface area contributed by atoms with Gasteiger partial charge in [0.25, 0.3) is 0 Å². The van der Waals surface area contributed by atoms with Crippen LogP contribution in [0, 0.1) is 34.5 Å². The highest BCUT2D eigenvalue weighted by Gasteiger charge is 2.54. The number of rotatable bonds is 4. The van der Waals surface area contributed by atoms with E-state index in [1.165, 1.54) is 19.3 Å². The molecule has 4 aliphatic carbocycles. The van der Waals surface area contributed by atoms with Crippen LogP contribution in [0.15, 0.2) is 0 Å². The first kappa shape index (κ1) is 12.7. The number of nitrogens with one attached hydrogen (secondary N) is 1. The van der Waals surface area contributed by atoms with Crippen LogP contribution in [0.3, 0.4) is 0 Å². The number of hydrogen-bond donors (Lipinski definition) is 1. The lowest BCUT2D eigenvalue weighted by atomic mass is 9.48. The van der Waals surface area contributed by atoms with Crippen LogP contribution in [0.5, 0.6) is 0 Å². The van der Waals surface area contributed by atoms with Gasteiger partial charge in [-0.15, -0.1) is 0 Å². The lowest BCUT2D eigenvalue weighted by Crippen LogP contribution is -2.52. The Morgan fingerprint density at radius 3 is 2.11 bits per heavy atom. The molecule has 0 aromatic carbocycles. The van der Waals surface area contributed by atoms with E-state index in [2.05, 4.69) is 5.32 Å². The van der Waals surface area contributed by atoms with E-state index in [-0.39, 0.29) is 30.1 Å². The number of Topliss-reactive ketones (excluding diaryl/α,β-unsaturated/α-hetero) is 1. The van der Waals surface area contributed by atoms with Crippen LogP contribution >= 0.6 is 0 Å². The first-order chi connectivity index (χ1) is 9.11. The number of ketones is 1. The van der Waals surface area contributed by atoms with Crippen LogP contribution in [-0.4, -0.2) is 18.2 Å². The predicted octanol–water partition coefficient (Wildman–Crippen LogP) is 1.80. The first-order valence-electron chi connectivity index (χ1n) is 7.28. The summed E-state index contributed by atoms with van der Waals surface area (Å²) in [5.74, 6) is 2.10. The van der Waals surface area contributed by atoms with Crippen molar-refractivity contribution >= 4 is 11.7 Å². The Morgan fingerprint density at radius 2 is 1.63 bits per heavy atom. The summed E-state index contributed by atoms with van der Waals surface area (Å²) in [6.45, 7) is 0.118. The van der Waals surface area contributed by atoms with Crippen molar-refractivity contribution in [3.8, 4) is 6.07 Å². The number of carbonyl (C=O) groups is 2. The Morgan fingerprint density at radius 1 is 1.11 bits per heavy atom. The van der Waals surface area contributed by atoms with Crippen LogP contribution in [0.1, 0.15) is 44.9 Å². The van der Waals surface area contributed by atoms with E-state index < -0.39 is 0 Å². The molecule has 0 atom stereocenters. The van der Waals surface area contributed by atoms with Crippen molar-refractivity contribution < 1.29 is 9.59 Å². The van der Waals surface area contributed by atoms with E-state index >= 15 is 0 Å².